The van der Waals surface area contributed by atoms with Crippen LogP contribution in [0.15, 0.2) is 55.2 Å². The van der Waals surface area contributed by atoms with Gasteiger partial charge in [-0.2, -0.15) is 0 Å². The van der Waals surface area contributed by atoms with Crippen LogP contribution in [0.25, 0.3) is 11.3 Å². The van der Waals surface area contributed by atoms with Gasteiger partial charge in [0.05, 0.1) is 34.8 Å². The summed E-state index contributed by atoms with van der Waals surface area (Å²) in [5, 5.41) is 2.97. The van der Waals surface area contributed by atoms with Gasteiger partial charge < -0.3 is 14.2 Å². The number of aromatic nitrogens is 5. The molecular weight excluding hydrogens is 579 g/mol. The van der Waals surface area contributed by atoms with Gasteiger partial charge in [0.15, 0.2) is 11.6 Å². The average molecular weight is 619 g/mol. The van der Waals surface area contributed by atoms with Crippen LogP contribution in [0.5, 0.6) is 0 Å². The highest BCUT2D eigenvalue weighted by molar-refractivity contribution is 6.62. The predicted octanol–water partition coefficient (Wildman–Crippen LogP) is 4.79. The third-order valence-electron chi connectivity index (χ3n) is 9.94. The highest BCUT2D eigenvalue weighted by Crippen LogP contribution is 2.48. The van der Waals surface area contributed by atoms with E-state index in [1.165, 1.54) is 0 Å². The van der Waals surface area contributed by atoms with Gasteiger partial charge in [-0.25, -0.2) is 14.8 Å². The van der Waals surface area contributed by atoms with Crippen molar-refractivity contribution < 1.29 is 14.1 Å². The molecule has 11 nitrogen and oxygen atoms in total. The molecule has 0 radical (unpaired) electrons. The molecular formula is C34H39BN8O3. The molecule has 2 bridgehead atoms. The predicted molar refractivity (Wildman–Crippen MR) is 178 cm³/mol. The average Bonchev–Trinajstić information content (AvgIpc) is 3.46. The lowest BCUT2D eigenvalue weighted by Gasteiger charge is -2.41. The Hall–Kier alpha value is -4.42. The van der Waals surface area contributed by atoms with E-state index < -0.39 is 18.3 Å². The number of hydrogen-bond donors (Lipinski definition) is 1. The van der Waals surface area contributed by atoms with Gasteiger partial charge in [0.25, 0.3) is 0 Å². The van der Waals surface area contributed by atoms with Crippen LogP contribution in [0.1, 0.15) is 49.7 Å². The number of anilines is 3. The quantitative estimate of drug-likeness (QED) is 0.315. The van der Waals surface area contributed by atoms with Crippen molar-refractivity contribution in [3.63, 3.8) is 0 Å². The molecule has 1 N–H and O–H groups in total. The Kier molecular flexibility index (Phi) is 7.32. The first-order chi connectivity index (χ1) is 21.9. The monoisotopic (exact) mass is 618 g/mol. The minimum absolute atomic E-state index is 0.0666. The third-order valence-corrected chi connectivity index (χ3v) is 9.94. The van der Waals surface area contributed by atoms with E-state index >= 15 is 0 Å². The number of nitrogens with one attached hydrogen (secondary N) is 1. The van der Waals surface area contributed by atoms with Crippen LogP contribution in [0, 0.1) is 33.6 Å². The largest absolute Gasteiger partial charge is 0.496 e. The zero-order valence-electron chi connectivity index (χ0n) is 27.4. The SMILES string of the molecule is Cc1cc(C)c(B2OC(C)(C)C(C)(CC3CN4C[C@H]3N(C(=O)Nc3cnccn3)c3nc(-c5cnc(C)cc5C)ccc34)O2)cn1. The summed E-state index contributed by atoms with van der Waals surface area (Å²) >= 11 is 0. The standard InChI is InChI=1S/C34H39BN8O3/c1-20-12-22(3)38-15-25(20)27-8-9-28-31(40-27)43(32(44)41-30-17-36-10-11-37-30)29-19-42(28)18-24(29)14-34(7)33(5,6)45-35(46-34)26-16-39-23(4)13-21(26)2/h8-13,15-17,24,29H,14,18-19H2,1-7H3,(H,37,41,44)/t24?,29-,34?/m1/s1. The molecule has 0 saturated carbocycles. The van der Waals surface area contributed by atoms with E-state index in [4.69, 9.17) is 14.3 Å². The van der Waals surface area contributed by atoms with Gasteiger partial charge >= 0.3 is 13.1 Å². The van der Waals surface area contributed by atoms with Crippen molar-refractivity contribution in [3.05, 3.63) is 77.8 Å². The first-order valence-electron chi connectivity index (χ1n) is 15.8. The summed E-state index contributed by atoms with van der Waals surface area (Å²) in [5.41, 5.74) is 6.39. The number of fused-ring (bicyclic) bond motifs is 4. The van der Waals surface area contributed by atoms with Crippen molar-refractivity contribution in [2.45, 2.75) is 72.1 Å². The Morgan fingerprint density at radius 2 is 1.72 bits per heavy atom. The molecule has 2 amide bonds. The summed E-state index contributed by atoms with van der Waals surface area (Å²) in [6, 6.07) is 7.73. The molecule has 0 aromatic carbocycles. The Balaban J connectivity index is 1.24. The number of pyridine rings is 3. The van der Waals surface area contributed by atoms with E-state index in [-0.39, 0.29) is 18.0 Å². The molecule has 4 aromatic rings. The van der Waals surface area contributed by atoms with E-state index in [0.717, 1.165) is 51.5 Å². The smallest absolute Gasteiger partial charge is 0.399 e. The maximum Gasteiger partial charge on any atom is 0.496 e. The number of aryl methyl sites for hydroxylation is 4. The van der Waals surface area contributed by atoms with E-state index in [1.807, 2.05) is 43.3 Å². The summed E-state index contributed by atoms with van der Waals surface area (Å²) in [4.78, 5) is 40.9. The normalized spacial score (nSPS) is 23.1. The summed E-state index contributed by atoms with van der Waals surface area (Å²) in [5.74, 6) is 1.06. The minimum atomic E-state index is -0.638. The topological polar surface area (TPSA) is 118 Å². The molecule has 12 heteroatoms. The fourth-order valence-corrected chi connectivity index (χ4v) is 7.13. The van der Waals surface area contributed by atoms with Gasteiger partial charge in [-0.05, 0) is 90.3 Å². The van der Waals surface area contributed by atoms with Gasteiger partial charge in [0, 0.05) is 66.2 Å². The van der Waals surface area contributed by atoms with Crippen LogP contribution in [-0.4, -0.2) is 68.4 Å². The first kappa shape index (κ1) is 30.3. The van der Waals surface area contributed by atoms with Gasteiger partial charge in [-0.3, -0.25) is 25.2 Å². The number of rotatable bonds is 5. The van der Waals surface area contributed by atoms with Crippen molar-refractivity contribution in [2.75, 3.05) is 28.2 Å². The Labute approximate surface area is 270 Å². The summed E-state index contributed by atoms with van der Waals surface area (Å²) in [7, 11) is -0.530. The lowest BCUT2D eigenvalue weighted by Crippen LogP contribution is -2.53. The van der Waals surface area contributed by atoms with Crippen molar-refractivity contribution in [2.24, 2.45) is 5.92 Å². The van der Waals surface area contributed by atoms with Gasteiger partial charge in [0.1, 0.15) is 0 Å². The molecule has 7 heterocycles. The lowest BCUT2D eigenvalue weighted by atomic mass is 9.77. The van der Waals surface area contributed by atoms with Crippen LogP contribution in [-0.2, 0) is 9.31 Å². The second-order valence-electron chi connectivity index (χ2n) is 13.5. The van der Waals surface area contributed by atoms with Crippen LogP contribution in [0.3, 0.4) is 0 Å². The number of carbonyl (C=O) groups excluding carboxylic acids is 1. The number of amides is 2. The van der Waals surface area contributed by atoms with E-state index in [9.17, 15) is 4.79 Å². The number of hydrogen-bond acceptors (Lipinski definition) is 9. The Morgan fingerprint density at radius 1 is 0.957 bits per heavy atom. The highest BCUT2D eigenvalue weighted by atomic mass is 16.7. The van der Waals surface area contributed by atoms with Crippen LogP contribution in [0.2, 0.25) is 0 Å². The summed E-state index contributed by atoms with van der Waals surface area (Å²) in [6.45, 7) is 15.8. The maximum absolute atomic E-state index is 14.2. The molecule has 3 atom stereocenters. The second-order valence-corrected chi connectivity index (χ2v) is 13.5. The molecule has 7 rings (SSSR count). The number of urea groups is 1. The maximum atomic E-state index is 14.2. The summed E-state index contributed by atoms with van der Waals surface area (Å²) in [6.07, 6.45) is 9.07. The molecule has 0 aliphatic carbocycles. The molecule has 3 aliphatic heterocycles. The van der Waals surface area contributed by atoms with Gasteiger partial charge in [0.2, 0.25) is 0 Å². The zero-order valence-corrected chi connectivity index (χ0v) is 27.4. The van der Waals surface area contributed by atoms with Crippen molar-refractivity contribution >= 4 is 35.9 Å². The summed E-state index contributed by atoms with van der Waals surface area (Å²) < 4.78 is 13.4. The fourth-order valence-electron chi connectivity index (χ4n) is 7.13. The van der Waals surface area contributed by atoms with Crippen LogP contribution < -0.4 is 20.6 Å². The molecule has 2 fully saturated rings. The highest BCUT2D eigenvalue weighted by Gasteiger charge is 2.58. The van der Waals surface area contributed by atoms with Crippen molar-refractivity contribution in [1.82, 2.24) is 24.9 Å². The Morgan fingerprint density at radius 3 is 2.43 bits per heavy atom. The Bertz CT molecular complexity index is 1820. The molecule has 0 spiro atoms. The molecule has 46 heavy (non-hydrogen) atoms. The van der Waals surface area contributed by atoms with E-state index in [1.54, 1.807) is 18.6 Å². The number of nitrogens with zero attached hydrogens (tertiary/aromatic N) is 7. The number of carbonyl (C=O) groups is 1. The first-order valence-corrected chi connectivity index (χ1v) is 15.8. The van der Waals surface area contributed by atoms with E-state index in [2.05, 4.69) is 76.9 Å². The van der Waals surface area contributed by atoms with Gasteiger partial charge in [-0.1, -0.05) is 0 Å². The molecule has 4 aromatic heterocycles. The van der Waals surface area contributed by atoms with Gasteiger partial charge in [-0.15, -0.1) is 0 Å². The molecule has 236 valence electrons. The molecule has 3 aliphatic rings. The van der Waals surface area contributed by atoms with Crippen molar-refractivity contribution in [3.8, 4) is 11.3 Å². The van der Waals surface area contributed by atoms with Crippen LogP contribution >= 0.6 is 0 Å². The lowest BCUT2D eigenvalue weighted by molar-refractivity contribution is -0.0262. The third kappa shape index (κ3) is 5.19. The fraction of sp³-hybridized carbons (Fsp3) is 0.412. The minimum Gasteiger partial charge on any atom is -0.399 e. The molecule has 2 saturated heterocycles. The van der Waals surface area contributed by atoms with Crippen LogP contribution in [0.4, 0.5) is 22.1 Å². The van der Waals surface area contributed by atoms with Crippen molar-refractivity contribution in [1.29, 1.82) is 0 Å². The second kappa shape index (κ2) is 11.1. The zero-order chi connectivity index (χ0) is 32.4. The van der Waals surface area contributed by atoms with E-state index in [0.29, 0.717) is 24.6 Å². The molecule has 2 unspecified atom stereocenters.